The molecule has 1 N–H and O–H groups in total. The molecule has 194 valence electrons. The highest BCUT2D eigenvalue weighted by Gasteiger charge is 2.27. The van der Waals surface area contributed by atoms with Gasteiger partial charge in [0.1, 0.15) is 0 Å². The zero-order valence-corrected chi connectivity index (χ0v) is 23.6. The number of amides is 1. The van der Waals surface area contributed by atoms with Crippen LogP contribution in [-0.2, 0) is 27.9 Å². The number of nitrogens with one attached hydrogen (secondary N) is 1. The Morgan fingerprint density at radius 1 is 0.895 bits per heavy atom. The number of sulfonamides is 1. The predicted octanol–water partition coefficient (Wildman–Crippen LogP) is 6.71. The van der Waals surface area contributed by atoms with Gasteiger partial charge in [-0.05, 0) is 67.9 Å². The molecule has 0 unspecified atom stereocenters. The first kappa shape index (κ1) is 26.2. The maximum Gasteiger partial charge on any atom is 0.243 e. The average molecular weight is 591 g/mol. The van der Waals surface area contributed by atoms with Gasteiger partial charge in [0, 0.05) is 45.1 Å². The van der Waals surface area contributed by atoms with Crippen molar-refractivity contribution in [3.05, 3.63) is 107 Å². The van der Waals surface area contributed by atoms with Crippen molar-refractivity contribution in [2.45, 2.75) is 31.8 Å². The monoisotopic (exact) mass is 589 g/mol. The standard InChI is InChI=1S/C30H28BrN3O3S/c1-3-34-28-7-5-4-6-26(28)27-18-24(14-17-29(27)34)32-30(35)20-33(19-22-10-12-23(31)13-11-22)38(36,37)25-15-8-21(2)9-16-25/h4-18H,3,19-20H2,1-2H3,(H,32,35). The number of halogens is 1. The molecule has 4 aromatic carbocycles. The lowest BCUT2D eigenvalue weighted by atomic mass is 10.1. The molecule has 0 saturated heterocycles. The number of carbonyl (C=O) groups is 1. The van der Waals surface area contributed by atoms with E-state index in [9.17, 15) is 13.2 Å². The van der Waals surface area contributed by atoms with Crippen LogP contribution in [0.3, 0.4) is 0 Å². The van der Waals surface area contributed by atoms with Crippen molar-refractivity contribution < 1.29 is 13.2 Å². The van der Waals surface area contributed by atoms with E-state index in [-0.39, 0.29) is 18.0 Å². The minimum atomic E-state index is -3.92. The number of aromatic nitrogens is 1. The van der Waals surface area contributed by atoms with E-state index in [1.165, 1.54) is 4.31 Å². The third-order valence-corrected chi connectivity index (χ3v) is 8.96. The van der Waals surface area contributed by atoms with E-state index < -0.39 is 15.9 Å². The normalized spacial score (nSPS) is 11.9. The Balaban J connectivity index is 1.44. The molecular weight excluding hydrogens is 562 g/mol. The smallest absolute Gasteiger partial charge is 0.243 e. The number of aryl methyl sites for hydroxylation is 2. The van der Waals surface area contributed by atoms with Crippen LogP contribution in [0.15, 0.2) is 100 Å². The predicted molar refractivity (Wildman–Crippen MR) is 157 cm³/mol. The van der Waals surface area contributed by atoms with Gasteiger partial charge in [0.25, 0.3) is 0 Å². The molecule has 1 amide bonds. The maximum absolute atomic E-state index is 13.6. The van der Waals surface area contributed by atoms with Crippen LogP contribution < -0.4 is 5.32 Å². The molecule has 0 fully saturated rings. The number of nitrogens with zero attached hydrogens (tertiary/aromatic N) is 2. The van der Waals surface area contributed by atoms with Crippen LogP contribution in [0.2, 0.25) is 0 Å². The topological polar surface area (TPSA) is 71.4 Å². The van der Waals surface area contributed by atoms with Crippen LogP contribution in [0.5, 0.6) is 0 Å². The molecule has 0 atom stereocenters. The van der Waals surface area contributed by atoms with Crippen molar-refractivity contribution in [2.24, 2.45) is 0 Å². The summed E-state index contributed by atoms with van der Waals surface area (Å²) in [5.41, 5.74) is 4.59. The van der Waals surface area contributed by atoms with E-state index in [1.54, 1.807) is 24.3 Å². The molecule has 6 nitrogen and oxygen atoms in total. The van der Waals surface area contributed by atoms with Crippen LogP contribution in [0.1, 0.15) is 18.1 Å². The number of benzene rings is 4. The maximum atomic E-state index is 13.6. The summed E-state index contributed by atoms with van der Waals surface area (Å²) in [6.07, 6.45) is 0. The summed E-state index contributed by atoms with van der Waals surface area (Å²) < 4.78 is 31.5. The van der Waals surface area contributed by atoms with Gasteiger partial charge >= 0.3 is 0 Å². The fourth-order valence-electron chi connectivity index (χ4n) is 4.71. The molecule has 38 heavy (non-hydrogen) atoms. The summed E-state index contributed by atoms with van der Waals surface area (Å²) in [6, 6.07) is 28.1. The summed E-state index contributed by atoms with van der Waals surface area (Å²) in [6.45, 7) is 4.59. The molecule has 0 bridgehead atoms. The molecule has 5 rings (SSSR count). The number of hydrogen-bond donors (Lipinski definition) is 1. The van der Waals surface area contributed by atoms with E-state index in [0.717, 1.165) is 44.0 Å². The minimum Gasteiger partial charge on any atom is -0.341 e. The average Bonchev–Trinajstić information content (AvgIpc) is 3.22. The number of hydrogen-bond acceptors (Lipinski definition) is 3. The van der Waals surface area contributed by atoms with Crippen molar-refractivity contribution in [1.82, 2.24) is 8.87 Å². The molecule has 0 aliphatic heterocycles. The number of anilines is 1. The zero-order chi connectivity index (χ0) is 26.9. The van der Waals surface area contributed by atoms with Crippen LogP contribution in [-0.4, -0.2) is 29.7 Å². The van der Waals surface area contributed by atoms with E-state index in [0.29, 0.717) is 5.69 Å². The quantitative estimate of drug-likeness (QED) is 0.218. The van der Waals surface area contributed by atoms with Gasteiger partial charge in [-0.15, -0.1) is 0 Å². The number of fused-ring (bicyclic) bond motifs is 3. The molecule has 1 heterocycles. The molecule has 1 aromatic heterocycles. The largest absolute Gasteiger partial charge is 0.341 e. The second-order valence-electron chi connectivity index (χ2n) is 9.25. The minimum absolute atomic E-state index is 0.0694. The lowest BCUT2D eigenvalue weighted by Gasteiger charge is -2.22. The summed E-state index contributed by atoms with van der Waals surface area (Å²) in [7, 11) is -3.92. The SMILES string of the molecule is CCn1c2ccccc2c2cc(NC(=O)CN(Cc3ccc(Br)cc3)S(=O)(=O)c3ccc(C)cc3)ccc21. The van der Waals surface area contributed by atoms with Gasteiger partial charge < -0.3 is 9.88 Å². The third-order valence-electron chi connectivity index (χ3n) is 6.62. The van der Waals surface area contributed by atoms with Gasteiger partial charge in [-0.3, -0.25) is 4.79 Å². The molecule has 0 spiro atoms. The molecular formula is C30H28BrN3O3S. The Morgan fingerprint density at radius 3 is 2.29 bits per heavy atom. The van der Waals surface area contributed by atoms with Crippen molar-refractivity contribution in [3.8, 4) is 0 Å². The first-order valence-corrected chi connectivity index (χ1v) is 14.6. The summed E-state index contributed by atoms with van der Waals surface area (Å²) in [4.78, 5) is 13.4. The Bertz CT molecular complexity index is 1730. The second kappa shape index (κ2) is 10.7. The van der Waals surface area contributed by atoms with E-state index in [4.69, 9.17) is 0 Å². The lowest BCUT2D eigenvalue weighted by Crippen LogP contribution is -2.37. The summed E-state index contributed by atoms with van der Waals surface area (Å²) in [5.74, 6) is -0.406. The summed E-state index contributed by atoms with van der Waals surface area (Å²) in [5, 5.41) is 5.07. The van der Waals surface area contributed by atoms with Crippen LogP contribution in [0.4, 0.5) is 5.69 Å². The highest BCUT2D eigenvalue weighted by Crippen LogP contribution is 2.31. The number of rotatable bonds is 8. The number of carbonyl (C=O) groups excluding carboxylic acids is 1. The second-order valence-corrected chi connectivity index (χ2v) is 12.1. The van der Waals surface area contributed by atoms with Crippen molar-refractivity contribution in [1.29, 1.82) is 0 Å². The molecule has 0 radical (unpaired) electrons. The molecule has 5 aromatic rings. The van der Waals surface area contributed by atoms with Crippen molar-refractivity contribution >= 4 is 59.4 Å². The first-order chi connectivity index (χ1) is 18.3. The Labute approximate surface area is 231 Å². The van der Waals surface area contributed by atoms with Crippen molar-refractivity contribution in [3.63, 3.8) is 0 Å². The summed E-state index contributed by atoms with van der Waals surface area (Å²) >= 11 is 3.41. The molecule has 8 heteroatoms. The Morgan fingerprint density at radius 2 is 1.58 bits per heavy atom. The van der Waals surface area contributed by atoms with Crippen LogP contribution >= 0.6 is 15.9 Å². The third kappa shape index (κ3) is 5.25. The fourth-order valence-corrected chi connectivity index (χ4v) is 6.36. The lowest BCUT2D eigenvalue weighted by molar-refractivity contribution is -0.116. The molecule has 0 aliphatic carbocycles. The van der Waals surface area contributed by atoms with E-state index >= 15 is 0 Å². The Kier molecular flexibility index (Phi) is 7.38. The highest BCUT2D eigenvalue weighted by molar-refractivity contribution is 9.10. The number of para-hydroxylation sites is 1. The Hall–Kier alpha value is -3.46. The van der Waals surface area contributed by atoms with E-state index in [1.807, 2.05) is 61.5 Å². The van der Waals surface area contributed by atoms with Gasteiger partial charge in [-0.2, -0.15) is 4.31 Å². The van der Waals surface area contributed by atoms with Gasteiger partial charge in [-0.25, -0.2) is 8.42 Å². The fraction of sp³-hybridized carbons (Fsp3) is 0.167. The van der Waals surface area contributed by atoms with Gasteiger partial charge in [0.15, 0.2) is 0 Å². The van der Waals surface area contributed by atoms with E-state index in [2.05, 4.69) is 44.9 Å². The van der Waals surface area contributed by atoms with Crippen LogP contribution in [0.25, 0.3) is 21.8 Å². The van der Waals surface area contributed by atoms with Crippen molar-refractivity contribution in [2.75, 3.05) is 11.9 Å². The highest BCUT2D eigenvalue weighted by atomic mass is 79.9. The van der Waals surface area contributed by atoms with Gasteiger partial charge in [0.05, 0.1) is 11.4 Å². The molecule has 0 saturated carbocycles. The van der Waals surface area contributed by atoms with Crippen LogP contribution in [0, 0.1) is 6.92 Å². The van der Waals surface area contributed by atoms with Gasteiger partial charge in [-0.1, -0.05) is 64.0 Å². The molecule has 0 aliphatic rings. The first-order valence-electron chi connectivity index (χ1n) is 12.4. The van der Waals surface area contributed by atoms with Gasteiger partial charge in [0.2, 0.25) is 15.9 Å². The zero-order valence-electron chi connectivity index (χ0n) is 21.2.